The molecular weight excluding hydrogens is 166 g/mol. The highest BCUT2D eigenvalue weighted by molar-refractivity contribution is 5.14. The smallest absolute Gasteiger partial charge is 0.0967 e. The Labute approximate surface area is 77.3 Å². The molecule has 1 atom stereocenters. The van der Waals surface area contributed by atoms with E-state index in [0.717, 1.165) is 18.7 Å². The van der Waals surface area contributed by atoms with Crippen LogP contribution in [0.15, 0.2) is 24.5 Å². The summed E-state index contributed by atoms with van der Waals surface area (Å²) in [6.07, 6.45) is 3.64. The molecule has 0 radical (unpaired) electrons. The first kappa shape index (κ1) is 8.62. The number of nitrogens with zero attached hydrogens (tertiary/aromatic N) is 2. The number of aromatic nitrogens is 1. The summed E-state index contributed by atoms with van der Waals surface area (Å²) in [5.74, 6) is 5.70. The molecule has 1 unspecified atom stereocenters. The summed E-state index contributed by atoms with van der Waals surface area (Å²) in [7, 11) is 0. The van der Waals surface area contributed by atoms with Crippen molar-refractivity contribution >= 4 is 0 Å². The highest BCUT2D eigenvalue weighted by Gasteiger charge is 2.19. The normalized spacial score (nSPS) is 24.5. The average molecular weight is 179 g/mol. The molecule has 1 aromatic heterocycles. The third-order valence-corrected chi connectivity index (χ3v) is 2.18. The van der Waals surface area contributed by atoms with E-state index in [-0.39, 0.29) is 6.10 Å². The van der Waals surface area contributed by atoms with E-state index >= 15 is 0 Å². The van der Waals surface area contributed by atoms with Crippen LogP contribution < -0.4 is 5.84 Å². The van der Waals surface area contributed by atoms with Crippen LogP contribution in [-0.4, -0.2) is 29.7 Å². The molecule has 1 fully saturated rings. The van der Waals surface area contributed by atoms with Gasteiger partial charge in [0.25, 0.3) is 0 Å². The van der Waals surface area contributed by atoms with Gasteiger partial charge in [0.1, 0.15) is 0 Å². The van der Waals surface area contributed by atoms with Gasteiger partial charge in [-0.3, -0.25) is 10.8 Å². The number of hydrogen-bond donors (Lipinski definition) is 1. The van der Waals surface area contributed by atoms with Gasteiger partial charge >= 0.3 is 0 Å². The number of ether oxygens (including phenoxy) is 1. The lowest BCUT2D eigenvalue weighted by Crippen LogP contribution is -2.42. The van der Waals surface area contributed by atoms with Crippen molar-refractivity contribution in [2.24, 2.45) is 5.84 Å². The zero-order chi connectivity index (χ0) is 9.10. The fraction of sp³-hybridized carbons (Fsp3) is 0.444. The van der Waals surface area contributed by atoms with Crippen molar-refractivity contribution in [1.82, 2.24) is 9.99 Å². The first-order valence-corrected chi connectivity index (χ1v) is 4.37. The van der Waals surface area contributed by atoms with Crippen molar-refractivity contribution in [1.29, 1.82) is 0 Å². The third-order valence-electron chi connectivity index (χ3n) is 2.18. The van der Waals surface area contributed by atoms with E-state index < -0.39 is 0 Å². The minimum Gasteiger partial charge on any atom is -0.371 e. The second kappa shape index (κ2) is 3.83. The van der Waals surface area contributed by atoms with Crippen molar-refractivity contribution in [3.8, 4) is 0 Å². The van der Waals surface area contributed by atoms with Gasteiger partial charge in [-0.1, -0.05) is 0 Å². The second-order valence-corrected chi connectivity index (χ2v) is 3.13. The number of pyridine rings is 1. The highest BCUT2D eigenvalue weighted by Crippen LogP contribution is 2.19. The van der Waals surface area contributed by atoms with E-state index in [9.17, 15) is 0 Å². The number of rotatable bonds is 1. The van der Waals surface area contributed by atoms with Crippen molar-refractivity contribution in [3.05, 3.63) is 30.1 Å². The lowest BCUT2D eigenvalue weighted by Gasteiger charge is -2.29. The molecule has 2 N–H and O–H groups in total. The molecule has 0 aromatic carbocycles. The van der Waals surface area contributed by atoms with E-state index in [1.807, 2.05) is 12.1 Å². The molecule has 4 heteroatoms. The highest BCUT2D eigenvalue weighted by atomic mass is 16.5. The van der Waals surface area contributed by atoms with Gasteiger partial charge in [-0.25, -0.2) is 5.01 Å². The van der Waals surface area contributed by atoms with Gasteiger partial charge in [0.2, 0.25) is 0 Å². The number of hydrazine groups is 1. The Hall–Kier alpha value is -0.970. The van der Waals surface area contributed by atoms with E-state index in [0.29, 0.717) is 6.61 Å². The molecule has 0 bridgehead atoms. The molecule has 1 aliphatic rings. The van der Waals surface area contributed by atoms with Crippen LogP contribution in [-0.2, 0) is 4.74 Å². The molecule has 1 aliphatic heterocycles. The monoisotopic (exact) mass is 179 g/mol. The molecule has 0 amide bonds. The van der Waals surface area contributed by atoms with Crippen molar-refractivity contribution in [2.45, 2.75) is 6.10 Å². The Morgan fingerprint density at radius 1 is 1.46 bits per heavy atom. The second-order valence-electron chi connectivity index (χ2n) is 3.13. The number of hydrogen-bond acceptors (Lipinski definition) is 4. The Morgan fingerprint density at radius 2 is 2.23 bits per heavy atom. The van der Waals surface area contributed by atoms with Gasteiger partial charge in [0.05, 0.1) is 12.7 Å². The summed E-state index contributed by atoms with van der Waals surface area (Å²) in [6, 6.07) is 3.92. The molecule has 4 nitrogen and oxygen atoms in total. The summed E-state index contributed by atoms with van der Waals surface area (Å²) in [4.78, 5) is 3.96. The van der Waals surface area contributed by atoms with Gasteiger partial charge in [-0.15, -0.1) is 0 Å². The maximum absolute atomic E-state index is 5.70. The summed E-state index contributed by atoms with van der Waals surface area (Å²) in [5.41, 5.74) is 1.14. The third kappa shape index (κ3) is 2.03. The fourth-order valence-corrected chi connectivity index (χ4v) is 1.45. The maximum Gasteiger partial charge on any atom is 0.0967 e. The first-order chi connectivity index (χ1) is 6.36. The molecule has 13 heavy (non-hydrogen) atoms. The molecule has 0 saturated carbocycles. The van der Waals surface area contributed by atoms with Crippen LogP contribution in [0.3, 0.4) is 0 Å². The molecule has 1 saturated heterocycles. The fourth-order valence-electron chi connectivity index (χ4n) is 1.45. The first-order valence-electron chi connectivity index (χ1n) is 4.37. The topological polar surface area (TPSA) is 51.4 Å². The standard InChI is InChI=1S/C9H13N3O/c10-12-5-6-13-9(7-12)8-1-3-11-4-2-8/h1-4,9H,5-7,10H2. The summed E-state index contributed by atoms with van der Waals surface area (Å²) >= 11 is 0. The molecule has 2 heterocycles. The van der Waals surface area contributed by atoms with Gasteiger partial charge in [-0.2, -0.15) is 0 Å². The SMILES string of the molecule is NN1CCOC(c2ccncc2)C1. The van der Waals surface area contributed by atoms with Crippen molar-refractivity contribution < 1.29 is 4.74 Å². The van der Waals surface area contributed by atoms with Crippen LogP contribution in [0.5, 0.6) is 0 Å². The zero-order valence-corrected chi connectivity index (χ0v) is 7.39. The van der Waals surface area contributed by atoms with Crippen LogP contribution >= 0.6 is 0 Å². The van der Waals surface area contributed by atoms with Gasteiger partial charge in [-0.05, 0) is 17.7 Å². The van der Waals surface area contributed by atoms with E-state index in [1.54, 1.807) is 17.4 Å². The number of nitrogens with two attached hydrogens (primary N) is 1. The van der Waals surface area contributed by atoms with Crippen LogP contribution in [0.4, 0.5) is 0 Å². The minimum absolute atomic E-state index is 0.0988. The summed E-state index contributed by atoms with van der Waals surface area (Å²) in [6.45, 7) is 2.26. The molecule has 2 rings (SSSR count). The van der Waals surface area contributed by atoms with Crippen LogP contribution in [0.1, 0.15) is 11.7 Å². The molecule has 70 valence electrons. The van der Waals surface area contributed by atoms with E-state index in [2.05, 4.69) is 4.98 Å². The van der Waals surface area contributed by atoms with Crippen LogP contribution in [0, 0.1) is 0 Å². The lowest BCUT2D eigenvalue weighted by molar-refractivity contribution is -0.0304. The van der Waals surface area contributed by atoms with Crippen molar-refractivity contribution in [3.63, 3.8) is 0 Å². The zero-order valence-electron chi connectivity index (χ0n) is 7.39. The van der Waals surface area contributed by atoms with Gasteiger partial charge < -0.3 is 4.74 Å². The lowest BCUT2D eigenvalue weighted by atomic mass is 10.1. The molecule has 0 aliphatic carbocycles. The molecule has 0 spiro atoms. The Bertz CT molecular complexity index is 265. The van der Waals surface area contributed by atoms with Crippen LogP contribution in [0.2, 0.25) is 0 Å². The van der Waals surface area contributed by atoms with E-state index in [1.165, 1.54) is 0 Å². The minimum atomic E-state index is 0.0988. The maximum atomic E-state index is 5.70. The Balaban J connectivity index is 2.08. The Morgan fingerprint density at radius 3 is 2.92 bits per heavy atom. The van der Waals surface area contributed by atoms with Crippen LogP contribution in [0.25, 0.3) is 0 Å². The average Bonchev–Trinajstić information content (AvgIpc) is 2.19. The van der Waals surface area contributed by atoms with Gasteiger partial charge in [0, 0.05) is 25.5 Å². The quantitative estimate of drug-likeness (QED) is 0.631. The summed E-state index contributed by atoms with van der Waals surface area (Å²) in [5, 5.41) is 1.79. The summed E-state index contributed by atoms with van der Waals surface area (Å²) < 4.78 is 5.58. The van der Waals surface area contributed by atoms with Gasteiger partial charge in [0.15, 0.2) is 0 Å². The predicted molar refractivity (Wildman–Crippen MR) is 48.7 cm³/mol. The molecular formula is C9H13N3O. The largest absolute Gasteiger partial charge is 0.371 e. The predicted octanol–water partition coefficient (Wildman–Crippen LogP) is 0.329. The Kier molecular flexibility index (Phi) is 2.54. The molecule has 1 aromatic rings. The van der Waals surface area contributed by atoms with Crippen molar-refractivity contribution in [2.75, 3.05) is 19.7 Å². The van der Waals surface area contributed by atoms with E-state index in [4.69, 9.17) is 10.6 Å². The number of morpholine rings is 1.